The van der Waals surface area contributed by atoms with Crippen molar-refractivity contribution in [2.75, 3.05) is 13.1 Å². The number of hydrogen-bond acceptors (Lipinski definition) is 3. The lowest BCUT2D eigenvalue weighted by atomic mass is 9.96. The molecule has 1 fully saturated rings. The van der Waals surface area contributed by atoms with E-state index in [0.29, 0.717) is 30.6 Å². The summed E-state index contributed by atoms with van der Waals surface area (Å²) < 4.78 is 0. The van der Waals surface area contributed by atoms with E-state index in [1.165, 1.54) is 12.8 Å². The quantitative estimate of drug-likeness (QED) is 0.905. The molecule has 0 aliphatic heterocycles. The van der Waals surface area contributed by atoms with Gasteiger partial charge >= 0.3 is 0 Å². The van der Waals surface area contributed by atoms with Crippen LogP contribution in [-0.2, 0) is 0 Å². The first kappa shape index (κ1) is 14.0. The number of pyridine rings is 1. The Morgan fingerprint density at radius 3 is 2.90 bits per heavy atom. The predicted molar refractivity (Wildman–Crippen MR) is 84.0 cm³/mol. The molecule has 3 rings (SSSR count). The lowest BCUT2D eigenvalue weighted by Crippen LogP contribution is -2.33. The normalized spacial score (nSPS) is 21.6. The number of hydrogen-bond donors (Lipinski definition) is 2. The van der Waals surface area contributed by atoms with Crippen LogP contribution in [0, 0.1) is 11.8 Å². The largest absolute Gasteiger partial charge is 0.350 e. The van der Waals surface area contributed by atoms with Crippen molar-refractivity contribution in [3.05, 3.63) is 42.2 Å². The second-order valence-electron chi connectivity index (χ2n) is 5.78. The van der Waals surface area contributed by atoms with Crippen LogP contribution in [-0.4, -0.2) is 24.0 Å². The van der Waals surface area contributed by atoms with Gasteiger partial charge in [-0.1, -0.05) is 30.7 Å². The lowest BCUT2D eigenvalue weighted by molar-refractivity contribution is 0.0941. The number of aromatic nitrogens is 1. The van der Waals surface area contributed by atoms with Crippen LogP contribution in [0.2, 0.25) is 0 Å². The zero-order chi connectivity index (χ0) is 14.7. The predicted octanol–water partition coefficient (Wildman–Crippen LogP) is 2.34. The first-order valence-electron chi connectivity index (χ1n) is 7.61. The molecule has 1 aromatic carbocycles. The van der Waals surface area contributed by atoms with Gasteiger partial charge < -0.3 is 11.1 Å². The summed E-state index contributed by atoms with van der Waals surface area (Å²) in [6.07, 6.45) is 5.25. The lowest BCUT2D eigenvalue weighted by Gasteiger charge is -2.18. The van der Waals surface area contributed by atoms with Crippen LogP contribution in [0.1, 0.15) is 29.8 Å². The van der Waals surface area contributed by atoms with Gasteiger partial charge in [-0.25, -0.2) is 0 Å². The van der Waals surface area contributed by atoms with Gasteiger partial charge in [-0.15, -0.1) is 0 Å². The Labute approximate surface area is 124 Å². The highest BCUT2D eigenvalue weighted by atomic mass is 16.1. The van der Waals surface area contributed by atoms with E-state index < -0.39 is 0 Å². The maximum absolute atomic E-state index is 12.4. The molecule has 2 unspecified atom stereocenters. The number of nitrogens with zero attached hydrogens (tertiary/aromatic N) is 1. The molecule has 1 aliphatic carbocycles. The molecule has 0 saturated heterocycles. The Bertz CT molecular complexity index is 635. The number of rotatable bonds is 4. The van der Waals surface area contributed by atoms with Gasteiger partial charge in [0.05, 0.1) is 0 Å². The van der Waals surface area contributed by atoms with Gasteiger partial charge in [-0.2, -0.15) is 0 Å². The molecule has 4 nitrogen and oxygen atoms in total. The van der Waals surface area contributed by atoms with Crippen LogP contribution < -0.4 is 11.1 Å². The molecule has 2 aromatic rings. The van der Waals surface area contributed by atoms with Crippen molar-refractivity contribution >= 4 is 16.7 Å². The minimum absolute atomic E-state index is 0.0885. The monoisotopic (exact) mass is 283 g/mol. The summed E-state index contributed by atoms with van der Waals surface area (Å²) in [5.74, 6) is 0.967. The summed E-state index contributed by atoms with van der Waals surface area (Å²) in [5, 5.41) is 4.98. The van der Waals surface area contributed by atoms with Crippen molar-refractivity contribution in [2.45, 2.75) is 19.3 Å². The van der Waals surface area contributed by atoms with Gasteiger partial charge in [0.1, 0.15) is 5.69 Å². The summed E-state index contributed by atoms with van der Waals surface area (Å²) >= 11 is 0. The van der Waals surface area contributed by atoms with Gasteiger partial charge in [0.25, 0.3) is 5.91 Å². The van der Waals surface area contributed by atoms with Crippen LogP contribution in [0.15, 0.2) is 36.5 Å². The van der Waals surface area contributed by atoms with E-state index in [2.05, 4.69) is 10.3 Å². The van der Waals surface area contributed by atoms with Crippen LogP contribution in [0.3, 0.4) is 0 Å². The highest BCUT2D eigenvalue weighted by Gasteiger charge is 2.26. The van der Waals surface area contributed by atoms with Crippen LogP contribution in [0.4, 0.5) is 0 Å². The van der Waals surface area contributed by atoms with Crippen molar-refractivity contribution in [2.24, 2.45) is 17.6 Å². The van der Waals surface area contributed by atoms with E-state index in [9.17, 15) is 4.79 Å². The molecule has 1 heterocycles. The smallest absolute Gasteiger partial charge is 0.270 e. The molecule has 0 spiro atoms. The van der Waals surface area contributed by atoms with Crippen molar-refractivity contribution < 1.29 is 4.79 Å². The fourth-order valence-corrected chi connectivity index (χ4v) is 3.30. The minimum atomic E-state index is -0.0885. The molecule has 21 heavy (non-hydrogen) atoms. The van der Waals surface area contributed by atoms with Gasteiger partial charge in [-0.3, -0.25) is 9.78 Å². The maximum atomic E-state index is 12.4. The molecule has 1 saturated carbocycles. The first-order valence-corrected chi connectivity index (χ1v) is 7.61. The second-order valence-corrected chi connectivity index (χ2v) is 5.78. The average Bonchev–Trinajstić information content (AvgIpc) is 2.99. The third-order valence-electron chi connectivity index (χ3n) is 4.53. The van der Waals surface area contributed by atoms with E-state index in [4.69, 9.17) is 5.73 Å². The van der Waals surface area contributed by atoms with Crippen molar-refractivity contribution in [3.63, 3.8) is 0 Å². The molecule has 1 aromatic heterocycles. The van der Waals surface area contributed by atoms with E-state index >= 15 is 0 Å². The van der Waals surface area contributed by atoms with Gasteiger partial charge in [0.15, 0.2) is 0 Å². The van der Waals surface area contributed by atoms with Gasteiger partial charge in [-0.05, 0) is 42.7 Å². The third-order valence-corrected chi connectivity index (χ3v) is 4.53. The Hall–Kier alpha value is -1.94. The van der Waals surface area contributed by atoms with Crippen molar-refractivity contribution in [1.82, 2.24) is 10.3 Å². The molecular weight excluding hydrogens is 262 g/mol. The summed E-state index contributed by atoms with van der Waals surface area (Å²) in [6, 6.07) is 9.76. The first-order chi connectivity index (χ1) is 10.3. The second kappa shape index (κ2) is 6.22. The number of carbonyl (C=O) groups excluding carboxylic acids is 1. The third kappa shape index (κ3) is 2.90. The van der Waals surface area contributed by atoms with Crippen LogP contribution >= 0.6 is 0 Å². The number of amides is 1. The van der Waals surface area contributed by atoms with Crippen LogP contribution in [0.25, 0.3) is 10.8 Å². The number of fused-ring (bicyclic) bond motifs is 1. The van der Waals surface area contributed by atoms with E-state index in [0.717, 1.165) is 17.2 Å². The average molecular weight is 283 g/mol. The number of nitrogens with two attached hydrogens (primary N) is 1. The molecule has 4 heteroatoms. The van der Waals surface area contributed by atoms with E-state index in [-0.39, 0.29) is 5.91 Å². The molecule has 1 aliphatic rings. The van der Waals surface area contributed by atoms with Gasteiger partial charge in [0.2, 0.25) is 0 Å². The molecule has 1 amide bonds. The molecule has 110 valence electrons. The SMILES string of the molecule is NCC1CCCC1CNC(=O)c1nccc2ccccc12. The standard InChI is InChI=1S/C17H21N3O/c18-10-13-5-3-6-14(13)11-20-17(21)16-15-7-2-1-4-12(15)8-9-19-16/h1-2,4,7-9,13-14H,3,5-6,10-11,18H2,(H,20,21). The van der Waals surface area contributed by atoms with E-state index in [1.807, 2.05) is 30.3 Å². The summed E-state index contributed by atoms with van der Waals surface area (Å²) in [5.41, 5.74) is 6.30. The highest BCUT2D eigenvalue weighted by Crippen LogP contribution is 2.30. The number of benzene rings is 1. The maximum Gasteiger partial charge on any atom is 0.270 e. The topological polar surface area (TPSA) is 68.0 Å². The minimum Gasteiger partial charge on any atom is -0.350 e. The number of carbonyl (C=O) groups is 1. The Kier molecular flexibility index (Phi) is 4.15. The van der Waals surface area contributed by atoms with E-state index in [1.54, 1.807) is 6.20 Å². The zero-order valence-corrected chi connectivity index (χ0v) is 12.1. The summed E-state index contributed by atoms with van der Waals surface area (Å²) in [4.78, 5) is 16.7. The van der Waals surface area contributed by atoms with Gasteiger partial charge in [0, 0.05) is 18.1 Å². The molecule has 3 N–H and O–H groups in total. The number of nitrogens with one attached hydrogen (secondary N) is 1. The van der Waals surface area contributed by atoms with Crippen molar-refractivity contribution in [3.8, 4) is 0 Å². The Balaban J connectivity index is 1.72. The summed E-state index contributed by atoms with van der Waals surface area (Å²) in [7, 11) is 0. The molecule has 2 atom stereocenters. The molecular formula is C17H21N3O. The van der Waals surface area contributed by atoms with Crippen LogP contribution in [0.5, 0.6) is 0 Å². The fraction of sp³-hybridized carbons (Fsp3) is 0.412. The highest BCUT2D eigenvalue weighted by molar-refractivity contribution is 6.05. The fourth-order valence-electron chi connectivity index (χ4n) is 3.30. The summed E-state index contributed by atoms with van der Waals surface area (Å²) in [6.45, 7) is 1.42. The van der Waals surface area contributed by atoms with Crippen molar-refractivity contribution in [1.29, 1.82) is 0 Å². The Morgan fingerprint density at radius 2 is 2.05 bits per heavy atom. The molecule has 0 radical (unpaired) electrons. The Morgan fingerprint density at radius 1 is 1.24 bits per heavy atom. The zero-order valence-electron chi connectivity index (χ0n) is 12.1. The molecule has 0 bridgehead atoms.